The largest absolute Gasteiger partial charge is 0.389 e. The van der Waals surface area contributed by atoms with Gasteiger partial charge in [0, 0.05) is 13.5 Å². The lowest BCUT2D eigenvalue weighted by atomic mass is 9.68. The number of ether oxygens (including phenoxy) is 1. The van der Waals surface area contributed by atoms with Crippen molar-refractivity contribution in [2.75, 3.05) is 7.11 Å². The van der Waals surface area contributed by atoms with Crippen LogP contribution in [0.3, 0.4) is 0 Å². The van der Waals surface area contributed by atoms with Gasteiger partial charge in [0.2, 0.25) is 0 Å². The van der Waals surface area contributed by atoms with Crippen LogP contribution in [0.4, 0.5) is 0 Å². The summed E-state index contributed by atoms with van der Waals surface area (Å²) in [6, 6.07) is 0. The molecule has 1 aliphatic rings. The van der Waals surface area contributed by atoms with E-state index in [-0.39, 0.29) is 5.60 Å². The number of aliphatic hydroxyl groups excluding tert-OH is 1. The van der Waals surface area contributed by atoms with E-state index in [1.165, 1.54) is 0 Å². The Hall–Kier alpha value is -0.520. The molecule has 0 spiro atoms. The van der Waals surface area contributed by atoms with Crippen molar-refractivity contribution in [3.8, 4) is 11.8 Å². The Morgan fingerprint density at radius 2 is 1.81 bits per heavy atom. The fourth-order valence-electron chi connectivity index (χ4n) is 2.41. The third kappa shape index (κ3) is 2.99. The molecule has 0 aromatic carbocycles. The molecule has 16 heavy (non-hydrogen) atoms. The Morgan fingerprint density at radius 3 is 2.25 bits per heavy atom. The van der Waals surface area contributed by atoms with E-state index in [0.717, 1.165) is 25.7 Å². The Kier molecular flexibility index (Phi) is 4.41. The van der Waals surface area contributed by atoms with Crippen LogP contribution in [0, 0.1) is 17.3 Å². The maximum absolute atomic E-state index is 10.2. The second kappa shape index (κ2) is 5.21. The van der Waals surface area contributed by atoms with E-state index in [1.54, 1.807) is 14.0 Å². The predicted octanol–water partition coefficient (Wildman–Crippen LogP) is 2.75. The first-order chi connectivity index (χ1) is 7.46. The minimum atomic E-state index is -0.457. The van der Waals surface area contributed by atoms with Crippen LogP contribution in [0.25, 0.3) is 0 Å². The van der Waals surface area contributed by atoms with Crippen LogP contribution in [0.2, 0.25) is 0 Å². The highest BCUT2D eigenvalue weighted by Crippen LogP contribution is 2.43. The van der Waals surface area contributed by atoms with E-state index < -0.39 is 6.10 Å². The molecule has 2 nitrogen and oxygen atoms in total. The maximum atomic E-state index is 10.2. The fraction of sp³-hybridized carbons (Fsp3) is 0.857. The SMILES string of the molecule is CC#CCC(O)C1(OC)CCC(C)(C)CC1. The van der Waals surface area contributed by atoms with Crippen LogP contribution in [0.15, 0.2) is 0 Å². The second-order valence-corrected chi connectivity index (χ2v) is 5.58. The summed E-state index contributed by atoms with van der Waals surface area (Å²) >= 11 is 0. The molecule has 0 aliphatic heterocycles. The zero-order valence-electron chi connectivity index (χ0n) is 11.0. The smallest absolute Gasteiger partial charge is 0.0946 e. The first-order valence-electron chi connectivity index (χ1n) is 6.09. The van der Waals surface area contributed by atoms with Gasteiger partial charge in [-0.25, -0.2) is 0 Å². The van der Waals surface area contributed by atoms with E-state index in [2.05, 4.69) is 25.7 Å². The van der Waals surface area contributed by atoms with Gasteiger partial charge in [-0.1, -0.05) is 13.8 Å². The van der Waals surface area contributed by atoms with Gasteiger partial charge in [0.15, 0.2) is 0 Å². The standard InChI is InChI=1S/C14H24O2/c1-5-6-7-12(15)14(16-4)10-8-13(2,3)9-11-14/h12,15H,7-11H2,1-4H3. The van der Waals surface area contributed by atoms with Crippen molar-refractivity contribution in [1.29, 1.82) is 0 Å². The molecule has 0 bridgehead atoms. The molecule has 0 radical (unpaired) electrons. The zero-order chi connectivity index (χ0) is 12.2. The first-order valence-corrected chi connectivity index (χ1v) is 6.09. The molecule has 1 rings (SSSR count). The van der Waals surface area contributed by atoms with Crippen molar-refractivity contribution in [1.82, 2.24) is 0 Å². The summed E-state index contributed by atoms with van der Waals surface area (Å²) in [5.41, 5.74) is 0.0254. The lowest BCUT2D eigenvalue weighted by Gasteiger charge is -2.44. The van der Waals surface area contributed by atoms with E-state index >= 15 is 0 Å². The molecule has 0 aromatic rings. The molecule has 1 fully saturated rings. The van der Waals surface area contributed by atoms with Crippen molar-refractivity contribution < 1.29 is 9.84 Å². The number of rotatable bonds is 3. The van der Waals surface area contributed by atoms with E-state index in [0.29, 0.717) is 11.8 Å². The summed E-state index contributed by atoms with van der Waals surface area (Å²) in [7, 11) is 1.71. The van der Waals surface area contributed by atoms with E-state index in [4.69, 9.17) is 4.74 Å². The van der Waals surface area contributed by atoms with Gasteiger partial charge >= 0.3 is 0 Å². The Labute approximate surface area is 99.4 Å². The lowest BCUT2D eigenvalue weighted by molar-refractivity contribution is -0.134. The molecule has 0 amide bonds. The summed E-state index contributed by atoms with van der Waals surface area (Å²) in [5, 5.41) is 10.2. The Bertz CT molecular complexity index is 273. The number of aliphatic hydroxyl groups is 1. The average molecular weight is 224 g/mol. The molecule has 0 heterocycles. The number of hydrogen-bond acceptors (Lipinski definition) is 2. The second-order valence-electron chi connectivity index (χ2n) is 5.58. The zero-order valence-corrected chi connectivity index (χ0v) is 11.0. The summed E-state index contributed by atoms with van der Waals surface area (Å²) in [5.74, 6) is 5.77. The Balaban J connectivity index is 2.67. The molecule has 1 unspecified atom stereocenters. The van der Waals surface area contributed by atoms with Gasteiger partial charge in [-0.05, 0) is 38.0 Å². The molecule has 1 N–H and O–H groups in total. The molecule has 92 valence electrons. The first kappa shape index (κ1) is 13.5. The van der Waals surface area contributed by atoms with Crippen LogP contribution in [0.5, 0.6) is 0 Å². The lowest BCUT2D eigenvalue weighted by Crippen LogP contribution is -2.48. The molecule has 2 heteroatoms. The van der Waals surface area contributed by atoms with Gasteiger partial charge in [0.1, 0.15) is 0 Å². The monoisotopic (exact) mass is 224 g/mol. The van der Waals surface area contributed by atoms with Gasteiger partial charge in [-0.3, -0.25) is 0 Å². The van der Waals surface area contributed by atoms with Crippen LogP contribution in [-0.4, -0.2) is 23.9 Å². The van der Waals surface area contributed by atoms with Gasteiger partial charge in [0.25, 0.3) is 0 Å². The Morgan fingerprint density at radius 1 is 1.25 bits per heavy atom. The highest BCUT2D eigenvalue weighted by atomic mass is 16.5. The topological polar surface area (TPSA) is 29.5 Å². The minimum Gasteiger partial charge on any atom is -0.389 e. The summed E-state index contributed by atoms with van der Waals surface area (Å²) in [4.78, 5) is 0. The molecule has 1 atom stereocenters. The number of hydrogen-bond donors (Lipinski definition) is 1. The van der Waals surface area contributed by atoms with Crippen LogP contribution >= 0.6 is 0 Å². The van der Waals surface area contributed by atoms with Gasteiger partial charge in [-0.15, -0.1) is 11.8 Å². The normalized spacial score (nSPS) is 24.3. The summed E-state index contributed by atoms with van der Waals surface area (Å²) in [6.07, 6.45) is 4.15. The fourth-order valence-corrected chi connectivity index (χ4v) is 2.41. The molecular formula is C14H24O2. The maximum Gasteiger partial charge on any atom is 0.0946 e. The van der Waals surface area contributed by atoms with Crippen LogP contribution in [0.1, 0.15) is 52.9 Å². The van der Waals surface area contributed by atoms with Crippen molar-refractivity contribution in [2.45, 2.75) is 64.6 Å². The minimum absolute atomic E-state index is 0.362. The summed E-state index contributed by atoms with van der Waals surface area (Å²) < 4.78 is 5.61. The van der Waals surface area contributed by atoms with Gasteiger partial charge in [-0.2, -0.15) is 0 Å². The number of methoxy groups -OCH3 is 1. The van der Waals surface area contributed by atoms with Crippen molar-refractivity contribution in [3.63, 3.8) is 0 Å². The average Bonchev–Trinajstić information content (AvgIpc) is 2.27. The highest BCUT2D eigenvalue weighted by molar-refractivity contribution is 5.03. The predicted molar refractivity (Wildman–Crippen MR) is 66.1 cm³/mol. The summed E-state index contributed by atoms with van der Waals surface area (Å²) in [6.45, 7) is 6.37. The molecule has 1 saturated carbocycles. The van der Waals surface area contributed by atoms with Crippen LogP contribution in [-0.2, 0) is 4.74 Å². The van der Waals surface area contributed by atoms with Crippen LogP contribution < -0.4 is 0 Å². The molecule has 0 saturated heterocycles. The molecule has 0 aromatic heterocycles. The third-order valence-electron chi connectivity index (χ3n) is 3.94. The molecule has 1 aliphatic carbocycles. The quantitative estimate of drug-likeness (QED) is 0.747. The van der Waals surface area contributed by atoms with Crippen molar-refractivity contribution in [3.05, 3.63) is 0 Å². The van der Waals surface area contributed by atoms with Gasteiger partial charge in [0.05, 0.1) is 11.7 Å². The highest BCUT2D eigenvalue weighted by Gasteiger charge is 2.43. The van der Waals surface area contributed by atoms with E-state index in [9.17, 15) is 5.11 Å². The molecular weight excluding hydrogens is 200 g/mol. The van der Waals surface area contributed by atoms with Crippen molar-refractivity contribution >= 4 is 0 Å². The van der Waals surface area contributed by atoms with E-state index in [1.807, 2.05) is 0 Å². The van der Waals surface area contributed by atoms with Gasteiger partial charge < -0.3 is 9.84 Å². The third-order valence-corrected chi connectivity index (χ3v) is 3.94. The van der Waals surface area contributed by atoms with Crippen molar-refractivity contribution in [2.24, 2.45) is 5.41 Å².